The molecule has 0 unspecified atom stereocenters. The Labute approximate surface area is 154 Å². The fourth-order valence-corrected chi connectivity index (χ4v) is 5.13. The van der Waals surface area contributed by atoms with E-state index in [4.69, 9.17) is 11.6 Å². The highest BCUT2D eigenvalue weighted by Gasteiger charge is 2.51. The molecule has 1 amide bonds. The summed E-state index contributed by atoms with van der Waals surface area (Å²) in [6.07, 6.45) is 2.61. The van der Waals surface area contributed by atoms with Crippen molar-refractivity contribution in [1.29, 1.82) is 0 Å². The van der Waals surface area contributed by atoms with E-state index in [1.54, 1.807) is 12.1 Å². The number of amides is 1. The second-order valence-electron chi connectivity index (χ2n) is 6.74. The monoisotopic (exact) mass is 375 g/mol. The lowest BCUT2D eigenvalue weighted by molar-refractivity contribution is -0.314. The highest BCUT2D eigenvalue weighted by atomic mass is 35.5. The molecule has 2 saturated carbocycles. The minimum atomic E-state index is -1.10. The molecule has 2 bridgehead atoms. The first-order valence-electron chi connectivity index (χ1n) is 8.26. The largest absolute Gasteiger partial charge is 0.550 e. The molecule has 4 atom stereocenters. The van der Waals surface area contributed by atoms with E-state index in [0.717, 1.165) is 30.5 Å². The van der Waals surface area contributed by atoms with Crippen LogP contribution in [0.5, 0.6) is 0 Å². The van der Waals surface area contributed by atoms with Crippen LogP contribution in [0.15, 0.2) is 29.6 Å². The molecular weight excluding hydrogens is 360 g/mol. The molecule has 2 fully saturated rings. The number of anilines is 1. The molecular formula is C18H16ClN2O3S-. The fourth-order valence-electron chi connectivity index (χ4n) is 4.28. The zero-order valence-corrected chi connectivity index (χ0v) is 14.8. The summed E-state index contributed by atoms with van der Waals surface area (Å²) in [6.45, 7) is 0. The summed E-state index contributed by atoms with van der Waals surface area (Å²) in [7, 11) is 0. The maximum atomic E-state index is 12.7. The molecule has 25 heavy (non-hydrogen) atoms. The van der Waals surface area contributed by atoms with Crippen LogP contribution < -0.4 is 10.4 Å². The Morgan fingerprint density at radius 2 is 1.84 bits per heavy atom. The Morgan fingerprint density at radius 3 is 2.52 bits per heavy atom. The summed E-state index contributed by atoms with van der Waals surface area (Å²) in [4.78, 5) is 28.6. The molecule has 130 valence electrons. The molecule has 0 spiro atoms. The predicted octanol–water partition coefficient (Wildman–Crippen LogP) is 2.81. The van der Waals surface area contributed by atoms with Crippen molar-refractivity contribution < 1.29 is 14.7 Å². The van der Waals surface area contributed by atoms with Gasteiger partial charge in [0.1, 0.15) is 0 Å². The minimum Gasteiger partial charge on any atom is -0.550 e. The molecule has 1 aromatic carbocycles. The Morgan fingerprint density at radius 1 is 1.16 bits per heavy atom. The van der Waals surface area contributed by atoms with Crippen LogP contribution in [0, 0.1) is 23.7 Å². The van der Waals surface area contributed by atoms with Gasteiger partial charge in [-0.3, -0.25) is 4.79 Å². The SMILES string of the molecule is O=C([O-])[C@H]1[C@H]2CC[C@@H](C2)[C@@H]1C(=O)Nc1nc(-c2ccc(Cl)cc2)cs1. The van der Waals surface area contributed by atoms with Crippen molar-refractivity contribution in [2.75, 3.05) is 5.32 Å². The van der Waals surface area contributed by atoms with E-state index < -0.39 is 17.8 Å². The van der Waals surface area contributed by atoms with Gasteiger partial charge in [-0.05, 0) is 43.2 Å². The number of rotatable bonds is 4. The molecule has 0 radical (unpaired) electrons. The number of benzene rings is 1. The highest BCUT2D eigenvalue weighted by molar-refractivity contribution is 7.14. The molecule has 1 heterocycles. The van der Waals surface area contributed by atoms with Gasteiger partial charge in [0, 0.05) is 33.8 Å². The summed E-state index contributed by atoms with van der Waals surface area (Å²) in [6, 6.07) is 7.30. The summed E-state index contributed by atoms with van der Waals surface area (Å²) in [5, 5.41) is 17.3. The lowest BCUT2D eigenvalue weighted by Crippen LogP contribution is -2.43. The Bertz CT molecular complexity index is 820. The van der Waals surface area contributed by atoms with E-state index in [1.807, 2.05) is 17.5 Å². The molecule has 5 nitrogen and oxygen atoms in total. The third-order valence-electron chi connectivity index (χ3n) is 5.37. The molecule has 1 aromatic heterocycles. The number of carboxylic acid groups (broad SMARTS) is 1. The van der Waals surface area contributed by atoms with E-state index in [9.17, 15) is 14.7 Å². The first-order valence-corrected chi connectivity index (χ1v) is 9.52. The normalized spacial score (nSPS) is 27.4. The van der Waals surface area contributed by atoms with Crippen molar-refractivity contribution in [2.45, 2.75) is 19.3 Å². The van der Waals surface area contributed by atoms with Gasteiger partial charge >= 0.3 is 0 Å². The van der Waals surface area contributed by atoms with Crippen LogP contribution in [0.1, 0.15) is 19.3 Å². The van der Waals surface area contributed by atoms with Gasteiger partial charge < -0.3 is 15.2 Å². The topological polar surface area (TPSA) is 82.1 Å². The number of carbonyl (C=O) groups excluding carboxylic acids is 2. The number of hydrogen-bond donors (Lipinski definition) is 1. The van der Waals surface area contributed by atoms with Gasteiger partial charge in [-0.15, -0.1) is 11.3 Å². The van der Waals surface area contributed by atoms with Crippen LogP contribution in [-0.2, 0) is 9.59 Å². The van der Waals surface area contributed by atoms with Gasteiger partial charge in [-0.25, -0.2) is 4.98 Å². The fraction of sp³-hybridized carbons (Fsp3) is 0.389. The zero-order chi connectivity index (χ0) is 17.6. The van der Waals surface area contributed by atoms with Crippen LogP contribution in [0.3, 0.4) is 0 Å². The average molecular weight is 376 g/mol. The number of nitrogens with one attached hydrogen (secondary N) is 1. The van der Waals surface area contributed by atoms with Gasteiger partial charge in [0.05, 0.1) is 5.69 Å². The number of carbonyl (C=O) groups is 2. The number of halogens is 1. The lowest BCUT2D eigenvalue weighted by atomic mass is 9.79. The lowest BCUT2D eigenvalue weighted by Gasteiger charge is -2.30. The van der Waals surface area contributed by atoms with E-state index in [0.29, 0.717) is 10.2 Å². The van der Waals surface area contributed by atoms with Gasteiger partial charge in [0.15, 0.2) is 5.13 Å². The number of hydrogen-bond acceptors (Lipinski definition) is 5. The molecule has 7 heteroatoms. The number of fused-ring (bicyclic) bond motifs is 2. The Hall–Kier alpha value is -1.92. The van der Waals surface area contributed by atoms with E-state index in [-0.39, 0.29) is 17.7 Å². The molecule has 4 rings (SSSR count). The molecule has 2 aromatic rings. The molecule has 2 aliphatic carbocycles. The minimum absolute atomic E-state index is 0.0756. The maximum absolute atomic E-state index is 12.7. The van der Waals surface area contributed by atoms with Crippen LogP contribution in [0.2, 0.25) is 5.02 Å². The summed E-state index contributed by atoms with van der Waals surface area (Å²) in [5.41, 5.74) is 1.66. The average Bonchev–Trinajstić information content (AvgIpc) is 3.30. The van der Waals surface area contributed by atoms with E-state index in [1.165, 1.54) is 11.3 Å². The van der Waals surface area contributed by atoms with Crippen molar-refractivity contribution in [3.8, 4) is 11.3 Å². The van der Waals surface area contributed by atoms with E-state index in [2.05, 4.69) is 10.3 Å². The van der Waals surface area contributed by atoms with Crippen molar-refractivity contribution in [2.24, 2.45) is 23.7 Å². The van der Waals surface area contributed by atoms with Crippen LogP contribution in [0.25, 0.3) is 11.3 Å². The summed E-state index contributed by atoms with van der Waals surface area (Å²) < 4.78 is 0. The first-order chi connectivity index (χ1) is 12.0. The molecule has 2 aliphatic rings. The zero-order valence-electron chi connectivity index (χ0n) is 13.3. The van der Waals surface area contributed by atoms with Crippen LogP contribution in [0.4, 0.5) is 5.13 Å². The number of nitrogens with zero attached hydrogens (tertiary/aromatic N) is 1. The van der Waals surface area contributed by atoms with Crippen molar-refractivity contribution >= 4 is 39.9 Å². The van der Waals surface area contributed by atoms with Gasteiger partial charge in [-0.2, -0.15) is 0 Å². The van der Waals surface area contributed by atoms with Crippen molar-refractivity contribution in [3.05, 3.63) is 34.7 Å². The second kappa shape index (κ2) is 6.42. The third kappa shape index (κ3) is 3.04. The number of carboxylic acids is 1. The predicted molar refractivity (Wildman–Crippen MR) is 94.0 cm³/mol. The number of aliphatic carboxylic acids is 1. The molecule has 0 saturated heterocycles. The van der Waals surface area contributed by atoms with Crippen molar-refractivity contribution in [1.82, 2.24) is 4.98 Å². The Kier molecular flexibility index (Phi) is 4.25. The van der Waals surface area contributed by atoms with Gasteiger partial charge in [0.25, 0.3) is 0 Å². The van der Waals surface area contributed by atoms with E-state index >= 15 is 0 Å². The highest BCUT2D eigenvalue weighted by Crippen LogP contribution is 2.52. The summed E-state index contributed by atoms with van der Waals surface area (Å²) >= 11 is 7.21. The second-order valence-corrected chi connectivity index (χ2v) is 8.03. The molecule has 0 aliphatic heterocycles. The number of thiazole rings is 1. The van der Waals surface area contributed by atoms with Gasteiger partial charge in [-0.1, -0.05) is 23.7 Å². The Balaban J connectivity index is 1.50. The first kappa shape index (κ1) is 16.5. The molecule has 1 N–H and O–H groups in total. The maximum Gasteiger partial charge on any atom is 0.230 e. The van der Waals surface area contributed by atoms with Crippen molar-refractivity contribution in [3.63, 3.8) is 0 Å². The standard InChI is InChI=1S/C18H17ClN2O3S/c19-12-5-3-9(4-6-12)13-8-25-18(20-13)21-16(22)14-10-1-2-11(7-10)15(14)17(23)24/h3-6,8,10-11,14-15H,1-2,7H2,(H,23,24)(H,20,21,22)/p-1/t10-,11-,14-,15-/m0/s1. The van der Waals surface area contributed by atoms with Crippen LogP contribution >= 0.6 is 22.9 Å². The summed E-state index contributed by atoms with van der Waals surface area (Å²) in [5.74, 6) is -2.32. The quantitative estimate of drug-likeness (QED) is 0.890. The third-order valence-corrected chi connectivity index (χ3v) is 6.38. The smallest absolute Gasteiger partial charge is 0.230 e. The van der Waals surface area contributed by atoms with Crippen LogP contribution in [-0.4, -0.2) is 16.9 Å². The number of aromatic nitrogens is 1. The van der Waals surface area contributed by atoms with Gasteiger partial charge in [0.2, 0.25) is 5.91 Å².